The standard InChI is InChI=1S/C17H27N3O2/c1-12(2)9-14-5-7-15(8-6-14)13(3)19-17(22)11-20(4)10-16(18)21/h5-8,12-13H,9-11H2,1-4H3,(H2,18,21)(H,19,22)/t13-/m1/s1. The molecule has 0 heterocycles. The van der Waals surface area contributed by atoms with Crippen LogP contribution in [0.2, 0.25) is 0 Å². The molecule has 0 radical (unpaired) electrons. The highest BCUT2D eigenvalue weighted by atomic mass is 16.2. The van der Waals surface area contributed by atoms with Gasteiger partial charge in [-0.2, -0.15) is 0 Å². The van der Waals surface area contributed by atoms with Gasteiger partial charge in [-0.25, -0.2) is 0 Å². The molecule has 22 heavy (non-hydrogen) atoms. The summed E-state index contributed by atoms with van der Waals surface area (Å²) in [4.78, 5) is 24.3. The normalized spacial score (nSPS) is 12.5. The minimum Gasteiger partial charge on any atom is -0.369 e. The van der Waals surface area contributed by atoms with E-state index in [1.807, 2.05) is 6.92 Å². The number of carbonyl (C=O) groups excluding carboxylic acids is 2. The largest absolute Gasteiger partial charge is 0.369 e. The van der Waals surface area contributed by atoms with Crippen LogP contribution in [0.1, 0.15) is 37.9 Å². The number of likely N-dealkylation sites (N-methyl/N-ethyl adjacent to an activating group) is 1. The topological polar surface area (TPSA) is 75.4 Å². The predicted octanol–water partition coefficient (Wildman–Crippen LogP) is 1.48. The van der Waals surface area contributed by atoms with Crippen molar-refractivity contribution in [2.45, 2.75) is 33.2 Å². The summed E-state index contributed by atoms with van der Waals surface area (Å²) in [7, 11) is 1.69. The number of benzene rings is 1. The van der Waals surface area contributed by atoms with Crippen molar-refractivity contribution in [3.05, 3.63) is 35.4 Å². The molecule has 0 saturated heterocycles. The number of amides is 2. The van der Waals surface area contributed by atoms with E-state index >= 15 is 0 Å². The van der Waals surface area contributed by atoms with E-state index in [0.29, 0.717) is 5.92 Å². The van der Waals surface area contributed by atoms with Crippen LogP contribution in [0, 0.1) is 5.92 Å². The zero-order chi connectivity index (χ0) is 16.7. The van der Waals surface area contributed by atoms with Crippen molar-refractivity contribution in [1.82, 2.24) is 10.2 Å². The third-order valence-corrected chi connectivity index (χ3v) is 3.34. The van der Waals surface area contributed by atoms with Crippen LogP contribution in [0.4, 0.5) is 0 Å². The molecule has 1 atom stereocenters. The van der Waals surface area contributed by atoms with Crippen molar-refractivity contribution in [2.24, 2.45) is 11.7 Å². The number of rotatable bonds is 8. The van der Waals surface area contributed by atoms with Crippen molar-refractivity contribution in [2.75, 3.05) is 20.1 Å². The Morgan fingerprint density at radius 3 is 2.23 bits per heavy atom. The van der Waals surface area contributed by atoms with Crippen LogP contribution in [0.3, 0.4) is 0 Å². The summed E-state index contributed by atoms with van der Waals surface area (Å²) >= 11 is 0. The Bertz CT molecular complexity index is 497. The first-order valence-corrected chi connectivity index (χ1v) is 7.63. The van der Waals surface area contributed by atoms with Crippen molar-refractivity contribution >= 4 is 11.8 Å². The van der Waals surface area contributed by atoms with Crippen LogP contribution in [-0.4, -0.2) is 36.9 Å². The van der Waals surface area contributed by atoms with Crippen molar-refractivity contribution in [3.63, 3.8) is 0 Å². The first-order valence-electron chi connectivity index (χ1n) is 7.63. The highest BCUT2D eigenvalue weighted by molar-refractivity contribution is 5.80. The van der Waals surface area contributed by atoms with Gasteiger partial charge in [0.15, 0.2) is 0 Å². The van der Waals surface area contributed by atoms with Gasteiger partial charge in [0.05, 0.1) is 19.1 Å². The van der Waals surface area contributed by atoms with Gasteiger partial charge in [0.25, 0.3) is 0 Å². The Hall–Kier alpha value is -1.88. The molecule has 3 N–H and O–H groups in total. The minimum absolute atomic E-state index is 0.0671. The van der Waals surface area contributed by atoms with E-state index in [0.717, 1.165) is 12.0 Å². The number of primary amides is 1. The molecule has 5 heteroatoms. The van der Waals surface area contributed by atoms with Gasteiger partial charge in [-0.3, -0.25) is 14.5 Å². The second-order valence-corrected chi connectivity index (χ2v) is 6.27. The zero-order valence-electron chi connectivity index (χ0n) is 13.9. The molecule has 0 aliphatic heterocycles. The molecule has 0 spiro atoms. The SMILES string of the molecule is CC(C)Cc1ccc([C@@H](C)NC(=O)CN(C)CC(N)=O)cc1. The van der Waals surface area contributed by atoms with Gasteiger partial charge in [-0.05, 0) is 37.4 Å². The maximum absolute atomic E-state index is 11.9. The molecule has 0 aromatic heterocycles. The zero-order valence-corrected chi connectivity index (χ0v) is 13.9. The Balaban J connectivity index is 2.52. The number of nitrogens with one attached hydrogen (secondary N) is 1. The summed E-state index contributed by atoms with van der Waals surface area (Å²) in [6.07, 6.45) is 1.05. The van der Waals surface area contributed by atoms with Crippen LogP contribution in [-0.2, 0) is 16.0 Å². The highest BCUT2D eigenvalue weighted by Crippen LogP contribution is 2.15. The molecule has 0 aliphatic rings. The molecular formula is C17H27N3O2. The molecule has 1 aromatic carbocycles. The predicted molar refractivity (Wildman–Crippen MR) is 88.2 cm³/mol. The van der Waals surface area contributed by atoms with E-state index in [9.17, 15) is 9.59 Å². The van der Waals surface area contributed by atoms with E-state index in [2.05, 4.69) is 43.4 Å². The van der Waals surface area contributed by atoms with Gasteiger partial charge in [-0.1, -0.05) is 38.1 Å². The Kier molecular flexibility index (Phi) is 7.05. The number of nitrogens with zero attached hydrogens (tertiary/aromatic N) is 1. The lowest BCUT2D eigenvalue weighted by molar-refractivity contribution is -0.123. The van der Waals surface area contributed by atoms with E-state index < -0.39 is 5.91 Å². The molecule has 0 saturated carbocycles. The van der Waals surface area contributed by atoms with Gasteiger partial charge in [0.1, 0.15) is 0 Å². The highest BCUT2D eigenvalue weighted by Gasteiger charge is 2.12. The summed E-state index contributed by atoms with van der Waals surface area (Å²) < 4.78 is 0. The number of hydrogen-bond donors (Lipinski definition) is 2. The van der Waals surface area contributed by atoms with Gasteiger partial charge >= 0.3 is 0 Å². The summed E-state index contributed by atoms with van der Waals surface area (Å²) in [6.45, 7) is 6.56. The third kappa shape index (κ3) is 6.72. The third-order valence-electron chi connectivity index (χ3n) is 3.34. The number of hydrogen-bond acceptors (Lipinski definition) is 3. The van der Waals surface area contributed by atoms with E-state index in [-0.39, 0.29) is 25.0 Å². The lowest BCUT2D eigenvalue weighted by Crippen LogP contribution is -2.39. The van der Waals surface area contributed by atoms with Crippen LogP contribution < -0.4 is 11.1 Å². The first-order chi connectivity index (χ1) is 10.3. The Labute approximate surface area is 132 Å². The minimum atomic E-state index is -0.441. The van der Waals surface area contributed by atoms with Crippen molar-refractivity contribution < 1.29 is 9.59 Å². The number of carbonyl (C=O) groups is 2. The fourth-order valence-electron chi connectivity index (χ4n) is 2.35. The van der Waals surface area contributed by atoms with Crippen molar-refractivity contribution in [3.8, 4) is 0 Å². The molecule has 1 rings (SSSR count). The van der Waals surface area contributed by atoms with E-state index in [4.69, 9.17) is 5.73 Å². The maximum Gasteiger partial charge on any atom is 0.234 e. The Morgan fingerprint density at radius 1 is 1.14 bits per heavy atom. The second kappa shape index (κ2) is 8.54. The monoisotopic (exact) mass is 305 g/mol. The lowest BCUT2D eigenvalue weighted by Gasteiger charge is -2.18. The molecule has 0 unspecified atom stereocenters. The average molecular weight is 305 g/mol. The fourth-order valence-corrected chi connectivity index (χ4v) is 2.35. The van der Waals surface area contributed by atoms with Gasteiger partial charge in [-0.15, -0.1) is 0 Å². The van der Waals surface area contributed by atoms with Gasteiger partial charge < -0.3 is 11.1 Å². The van der Waals surface area contributed by atoms with Crippen LogP contribution >= 0.6 is 0 Å². The molecule has 1 aromatic rings. The van der Waals surface area contributed by atoms with Crippen LogP contribution in [0.15, 0.2) is 24.3 Å². The summed E-state index contributed by atoms with van der Waals surface area (Å²) in [6, 6.07) is 8.25. The van der Waals surface area contributed by atoms with Gasteiger partial charge in [0.2, 0.25) is 11.8 Å². The molecule has 0 bridgehead atoms. The second-order valence-electron chi connectivity index (χ2n) is 6.27. The molecule has 2 amide bonds. The number of nitrogens with two attached hydrogens (primary N) is 1. The fraction of sp³-hybridized carbons (Fsp3) is 0.529. The summed E-state index contributed by atoms with van der Waals surface area (Å²) in [5.74, 6) is 0.0652. The summed E-state index contributed by atoms with van der Waals surface area (Å²) in [5, 5.41) is 2.93. The molecule has 5 nitrogen and oxygen atoms in total. The molecule has 122 valence electrons. The van der Waals surface area contributed by atoms with E-state index in [1.165, 1.54) is 5.56 Å². The van der Waals surface area contributed by atoms with Crippen molar-refractivity contribution in [1.29, 1.82) is 0 Å². The Morgan fingerprint density at radius 2 is 1.73 bits per heavy atom. The first kappa shape index (κ1) is 18.2. The lowest BCUT2D eigenvalue weighted by atomic mass is 10.00. The van der Waals surface area contributed by atoms with Gasteiger partial charge in [0, 0.05) is 0 Å². The average Bonchev–Trinajstić information content (AvgIpc) is 2.37. The molecule has 0 aliphatic carbocycles. The smallest absolute Gasteiger partial charge is 0.234 e. The summed E-state index contributed by atoms with van der Waals surface area (Å²) in [5.41, 5.74) is 7.47. The van der Waals surface area contributed by atoms with Crippen LogP contribution in [0.25, 0.3) is 0 Å². The maximum atomic E-state index is 11.9. The molecule has 0 fully saturated rings. The molecular weight excluding hydrogens is 278 g/mol. The quantitative estimate of drug-likeness (QED) is 0.764. The van der Waals surface area contributed by atoms with Crippen LogP contribution in [0.5, 0.6) is 0 Å². The van der Waals surface area contributed by atoms with E-state index in [1.54, 1.807) is 11.9 Å².